The van der Waals surface area contributed by atoms with E-state index < -0.39 is 23.9 Å². The average molecular weight is 502 g/mol. The van der Waals surface area contributed by atoms with E-state index >= 15 is 0 Å². The van der Waals surface area contributed by atoms with Crippen molar-refractivity contribution in [1.82, 2.24) is 15.3 Å². The molecule has 36 heavy (non-hydrogen) atoms. The monoisotopic (exact) mass is 502 g/mol. The summed E-state index contributed by atoms with van der Waals surface area (Å²) in [6.45, 7) is -2.34. The highest BCUT2D eigenvalue weighted by atomic mass is 19.3. The van der Waals surface area contributed by atoms with Crippen LogP contribution in [0.5, 0.6) is 5.75 Å². The molecule has 4 rings (SSSR count). The molecule has 1 aliphatic heterocycles. The Balaban J connectivity index is 1.61. The fourth-order valence-corrected chi connectivity index (χ4v) is 4.25. The number of nitrogens with one attached hydrogen (secondary N) is 4. The fourth-order valence-electron chi connectivity index (χ4n) is 4.25. The summed E-state index contributed by atoms with van der Waals surface area (Å²) in [5.41, 5.74) is 0.537. The molecule has 1 unspecified atom stereocenters. The average Bonchev–Trinajstić information content (AvgIpc) is 3.33. The first-order valence-electron chi connectivity index (χ1n) is 11.3. The van der Waals surface area contributed by atoms with Gasteiger partial charge in [-0.2, -0.15) is 8.78 Å². The molecule has 0 saturated carbocycles. The molecule has 2 aromatic rings. The zero-order valence-corrected chi connectivity index (χ0v) is 19.2. The summed E-state index contributed by atoms with van der Waals surface area (Å²) >= 11 is 0. The molecule has 2 atom stereocenters. The molecule has 2 aromatic heterocycles. The molecule has 0 spiro atoms. The topological polar surface area (TPSA) is 133 Å². The summed E-state index contributed by atoms with van der Waals surface area (Å²) in [7, 11) is 0. The molecule has 4 N–H and O–H groups in total. The van der Waals surface area contributed by atoms with E-state index in [1.54, 1.807) is 0 Å². The van der Waals surface area contributed by atoms with Crippen LogP contribution in [0.4, 0.5) is 19.0 Å². The molecule has 1 saturated heterocycles. The maximum Gasteiger partial charge on any atom is 0.387 e. The lowest BCUT2D eigenvalue weighted by Crippen LogP contribution is -2.52. The van der Waals surface area contributed by atoms with Gasteiger partial charge in [-0.05, 0) is 43.0 Å². The SMILES string of the molecule is N=CC1(NC(=O)[C@@H]2CCC(C(=N)c3cncc(OC(F)F)c3)=C(Nc3ccc(F)cn3)C2)CCOC1. The molecule has 1 amide bonds. The van der Waals surface area contributed by atoms with Gasteiger partial charge < -0.3 is 25.5 Å². The number of halogens is 3. The minimum atomic E-state index is -3.03. The largest absolute Gasteiger partial charge is 0.433 e. The third-order valence-electron chi connectivity index (χ3n) is 6.16. The van der Waals surface area contributed by atoms with Gasteiger partial charge in [0.25, 0.3) is 0 Å². The van der Waals surface area contributed by atoms with Crippen LogP contribution in [0.1, 0.15) is 31.2 Å². The molecule has 0 aromatic carbocycles. The van der Waals surface area contributed by atoms with Gasteiger partial charge in [-0.15, -0.1) is 0 Å². The van der Waals surface area contributed by atoms with Crippen molar-refractivity contribution in [1.29, 1.82) is 10.8 Å². The standard InChI is InChI=1S/C24H25F3N6O3/c25-16-2-4-20(31-10-16)32-19-8-14(22(34)33-24(12-28)5-6-35-13-24)1-3-18(19)21(29)15-7-17(11-30-9-15)36-23(26)27/h2,4,7,9-12,14,23,28-29H,1,3,5-6,8,13H2,(H,31,32)(H,33,34)/t14-,24?/m1/s1. The zero-order chi connectivity index (χ0) is 25.7. The predicted molar refractivity (Wildman–Crippen MR) is 125 cm³/mol. The molecule has 0 bridgehead atoms. The van der Waals surface area contributed by atoms with Crippen LogP contribution in [0.15, 0.2) is 48.1 Å². The van der Waals surface area contributed by atoms with E-state index in [9.17, 15) is 18.0 Å². The number of anilines is 1. The summed E-state index contributed by atoms with van der Waals surface area (Å²) in [6, 6.07) is 3.97. The van der Waals surface area contributed by atoms with Crippen LogP contribution >= 0.6 is 0 Å². The molecule has 1 fully saturated rings. The second-order valence-corrected chi connectivity index (χ2v) is 8.64. The van der Waals surface area contributed by atoms with Gasteiger partial charge in [0.05, 0.1) is 30.3 Å². The van der Waals surface area contributed by atoms with E-state index in [1.807, 2.05) is 0 Å². The number of hydrogen-bond acceptors (Lipinski definition) is 8. The Bertz CT molecular complexity index is 1170. The van der Waals surface area contributed by atoms with Crippen molar-refractivity contribution >= 4 is 23.7 Å². The Morgan fingerprint density at radius 2 is 2.14 bits per heavy atom. The van der Waals surface area contributed by atoms with Crippen LogP contribution in [0.25, 0.3) is 0 Å². The van der Waals surface area contributed by atoms with Gasteiger partial charge in [0.15, 0.2) is 0 Å². The third kappa shape index (κ3) is 5.88. The van der Waals surface area contributed by atoms with Gasteiger partial charge in [-0.3, -0.25) is 15.2 Å². The maximum atomic E-state index is 13.4. The van der Waals surface area contributed by atoms with Crippen molar-refractivity contribution in [3.8, 4) is 5.75 Å². The van der Waals surface area contributed by atoms with E-state index in [0.29, 0.717) is 43.0 Å². The Hall–Kier alpha value is -3.80. The van der Waals surface area contributed by atoms with Crippen molar-refractivity contribution in [3.05, 3.63) is 59.4 Å². The number of aromatic nitrogens is 2. The van der Waals surface area contributed by atoms with Crippen molar-refractivity contribution in [3.63, 3.8) is 0 Å². The highest BCUT2D eigenvalue weighted by Crippen LogP contribution is 2.33. The van der Waals surface area contributed by atoms with Crippen molar-refractivity contribution in [2.75, 3.05) is 18.5 Å². The summed E-state index contributed by atoms with van der Waals surface area (Å²) in [5, 5.41) is 22.5. The normalized spacial score (nSPS) is 21.8. The Morgan fingerprint density at radius 1 is 1.31 bits per heavy atom. The number of rotatable bonds is 9. The lowest BCUT2D eigenvalue weighted by Gasteiger charge is -2.31. The number of ether oxygens (including phenoxy) is 2. The smallest absolute Gasteiger partial charge is 0.387 e. The molecule has 0 radical (unpaired) electrons. The molecule has 190 valence electrons. The van der Waals surface area contributed by atoms with Gasteiger partial charge in [0.1, 0.15) is 17.4 Å². The minimum absolute atomic E-state index is 0.0332. The Labute approximate surface area is 205 Å². The van der Waals surface area contributed by atoms with Crippen molar-refractivity contribution in [2.45, 2.75) is 37.8 Å². The zero-order valence-electron chi connectivity index (χ0n) is 19.2. The number of amides is 1. The molecule has 2 aliphatic rings. The quantitative estimate of drug-likeness (QED) is 0.387. The van der Waals surface area contributed by atoms with E-state index in [2.05, 4.69) is 25.3 Å². The van der Waals surface area contributed by atoms with Crippen LogP contribution in [0, 0.1) is 22.6 Å². The van der Waals surface area contributed by atoms with Gasteiger partial charge in [-0.25, -0.2) is 9.37 Å². The van der Waals surface area contributed by atoms with Gasteiger partial charge in [-0.1, -0.05) is 0 Å². The van der Waals surface area contributed by atoms with E-state index in [4.69, 9.17) is 15.6 Å². The predicted octanol–water partition coefficient (Wildman–Crippen LogP) is 3.68. The second-order valence-electron chi connectivity index (χ2n) is 8.64. The van der Waals surface area contributed by atoms with Crippen LogP contribution in [0.2, 0.25) is 0 Å². The highest BCUT2D eigenvalue weighted by Gasteiger charge is 2.37. The van der Waals surface area contributed by atoms with Crippen LogP contribution in [-0.4, -0.2) is 53.2 Å². The number of alkyl halides is 2. The molecular formula is C24H25F3N6O3. The first-order chi connectivity index (χ1) is 17.3. The second kappa shape index (κ2) is 10.9. The number of pyridine rings is 2. The van der Waals surface area contributed by atoms with E-state index in [0.717, 1.165) is 12.4 Å². The molecule has 3 heterocycles. The number of hydrogen-bond donors (Lipinski definition) is 4. The fraction of sp³-hybridized carbons (Fsp3) is 0.375. The maximum absolute atomic E-state index is 13.4. The number of nitrogens with zero attached hydrogens (tertiary/aromatic N) is 2. The molecule has 1 aliphatic carbocycles. The summed E-state index contributed by atoms with van der Waals surface area (Å²) in [6.07, 6.45) is 6.22. The number of allylic oxidation sites excluding steroid dienone is 2. The molecular weight excluding hydrogens is 477 g/mol. The summed E-state index contributed by atoms with van der Waals surface area (Å²) < 4.78 is 48.4. The van der Waals surface area contributed by atoms with Gasteiger partial charge in [0.2, 0.25) is 5.91 Å². The van der Waals surface area contributed by atoms with Gasteiger partial charge in [0, 0.05) is 42.6 Å². The summed E-state index contributed by atoms with van der Waals surface area (Å²) in [5.74, 6) is -1.07. The number of carbonyl (C=O) groups is 1. The summed E-state index contributed by atoms with van der Waals surface area (Å²) in [4.78, 5) is 21.0. The van der Waals surface area contributed by atoms with Crippen LogP contribution < -0.4 is 15.4 Å². The molecule has 12 heteroatoms. The van der Waals surface area contributed by atoms with Crippen LogP contribution in [0.3, 0.4) is 0 Å². The lowest BCUT2D eigenvalue weighted by atomic mass is 9.82. The van der Waals surface area contributed by atoms with Crippen molar-refractivity contribution < 1.29 is 27.4 Å². The molecule has 9 nitrogen and oxygen atoms in total. The van der Waals surface area contributed by atoms with Gasteiger partial charge >= 0.3 is 6.61 Å². The third-order valence-corrected chi connectivity index (χ3v) is 6.16. The highest BCUT2D eigenvalue weighted by molar-refractivity contribution is 6.11. The Kier molecular flexibility index (Phi) is 7.63. The van der Waals surface area contributed by atoms with Crippen molar-refractivity contribution in [2.24, 2.45) is 5.92 Å². The van der Waals surface area contributed by atoms with Crippen LogP contribution in [-0.2, 0) is 9.53 Å². The lowest BCUT2D eigenvalue weighted by molar-refractivity contribution is -0.126. The number of carbonyl (C=O) groups excluding carboxylic acids is 1. The first-order valence-corrected chi connectivity index (χ1v) is 11.3. The van der Waals surface area contributed by atoms with E-state index in [1.165, 1.54) is 30.6 Å². The Morgan fingerprint density at radius 3 is 2.81 bits per heavy atom. The first kappa shape index (κ1) is 25.3. The minimum Gasteiger partial charge on any atom is -0.433 e. The van der Waals surface area contributed by atoms with E-state index in [-0.39, 0.29) is 36.0 Å².